The van der Waals surface area contributed by atoms with E-state index in [-0.39, 0.29) is 0 Å². The molecule has 1 aromatic rings. The van der Waals surface area contributed by atoms with Crippen LogP contribution in [0.4, 0.5) is 0 Å². The van der Waals surface area contributed by atoms with E-state index in [2.05, 4.69) is 37.4 Å². The summed E-state index contributed by atoms with van der Waals surface area (Å²) in [5.41, 5.74) is 2.60. The summed E-state index contributed by atoms with van der Waals surface area (Å²) in [5, 5.41) is 3.20. The molecule has 0 bridgehead atoms. The molecule has 0 aromatic heterocycles. The molecule has 1 N–H and O–H groups in total. The molecule has 0 aliphatic rings. The molecule has 84 valence electrons. The van der Waals surface area contributed by atoms with E-state index in [1.807, 2.05) is 7.05 Å². The molecule has 0 saturated carbocycles. The molecule has 1 unspecified atom stereocenters. The molecule has 0 spiro atoms. The topological polar surface area (TPSA) is 21.3 Å². The quantitative estimate of drug-likeness (QED) is 0.800. The van der Waals surface area contributed by atoms with Crippen LogP contribution in [0.5, 0.6) is 5.75 Å². The first-order chi connectivity index (χ1) is 7.17. The Labute approximate surface area is 92.6 Å². The van der Waals surface area contributed by atoms with Gasteiger partial charge in [0.15, 0.2) is 0 Å². The van der Waals surface area contributed by atoms with Gasteiger partial charge in [0.25, 0.3) is 0 Å². The van der Waals surface area contributed by atoms with Crippen LogP contribution in [0.1, 0.15) is 18.1 Å². The van der Waals surface area contributed by atoms with Crippen LogP contribution in [-0.4, -0.2) is 20.7 Å². The zero-order valence-corrected chi connectivity index (χ0v) is 10.1. The lowest BCUT2D eigenvalue weighted by Crippen LogP contribution is -2.18. The molecule has 0 amide bonds. The van der Waals surface area contributed by atoms with E-state index in [1.54, 1.807) is 7.11 Å². The number of aryl methyl sites for hydroxylation is 1. The van der Waals surface area contributed by atoms with Gasteiger partial charge in [0, 0.05) is 0 Å². The van der Waals surface area contributed by atoms with Crippen LogP contribution < -0.4 is 10.1 Å². The first kappa shape index (κ1) is 12.1. The number of benzene rings is 1. The Kier molecular flexibility index (Phi) is 4.63. The molecule has 0 radical (unpaired) electrons. The molecule has 0 fully saturated rings. The predicted molar refractivity (Wildman–Crippen MR) is 64.5 cm³/mol. The number of hydrogen-bond donors (Lipinski definition) is 1. The van der Waals surface area contributed by atoms with Crippen LogP contribution in [0.3, 0.4) is 0 Å². The Balaban J connectivity index is 2.77. The van der Waals surface area contributed by atoms with Gasteiger partial charge in [0.05, 0.1) is 7.11 Å². The van der Waals surface area contributed by atoms with Gasteiger partial charge in [-0.25, -0.2) is 0 Å². The summed E-state index contributed by atoms with van der Waals surface area (Å²) in [7, 11) is 3.72. The molecule has 0 heterocycles. The first-order valence-corrected chi connectivity index (χ1v) is 5.45. The number of rotatable bonds is 5. The van der Waals surface area contributed by atoms with Crippen molar-refractivity contribution < 1.29 is 4.74 Å². The fourth-order valence-electron chi connectivity index (χ4n) is 1.86. The molecule has 1 atom stereocenters. The minimum Gasteiger partial charge on any atom is -0.496 e. The Bertz CT molecular complexity index is 309. The summed E-state index contributed by atoms with van der Waals surface area (Å²) in [6.45, 7) is 5.40. The molecule has 0 saturated heterocycles. The number of methoxy groups -OCH3 is 1. The Morgan fingerprint density at radius 1 is 1.40 bits per heavy atom. The van der Waals surface area contributed by atoms with Crippen LogP contribution in [-0.2, 0) is 6.42 Å². The third-order valence-corrected chi connectivity index (χ3v) is 2.56. The number of nitrogens with one attached hydrogen (secondary N) is 1. The molecular weight excluding hydrogens is 186 g/mol. The minimum absolute atomic E-state index is 0.630. The van der Waals surface area contributed by atoms with Crippen LogP contribution in [0.2, 0.25) is 0 Å². The summed E-state index contributed by atoms with van der Waals surface area (Å²) in [6, 6.07) is 6.35. The SMILES string of the molecule is CNCC(C)Cc1cc(C)ccc1OC. The fourth-order valence-corrected chi connectivity index (χ4v) is 1.86. The maximum Gasteiger partial charge on any atom is 0.122 e. The standard InChI is InChI=1S/C13H21NO/c1-10-5-6-13(15-4)12(7-10)8-11(2)9-14-3/h5-7,11,14H,8-9H2,1-4H3. The largest absolute Gasteiger partial charge is 0.496 e. The van der Waals surface area contributed by atoms with Crippen molar-refractivity contribution in [1.29, 1.82) is 0 Å². The van der Waals surface area contributed by atoms with E-state index in [9.17, 15) is 0 Å². The van der Waals surface area contributed by atoms with Crippen LogP contribution in [0, 0.1) is 12.8 Å². The van der Waals surface area contributed by atoms with Crippen LogP contribution in [0.15, 0.2) is 18.2 Å². The smallest absolute Gasteiger partial charge is 0.122 e. The van der Waals surface area contributed by atoms with E-state index in [1.165, 1.54) is 11.1 Å². The maximum absolute atomic E-state index is 5.36. The lowest BCUT2D eigenvalue weighted by molar-refractivity contribution is 0.404. The summed E-state index contributed by atoms with van der Waals surface area (Å²) in [6.07, 6.45) is 1.06. The van der Waals surface area contributed by atoms with Crippen molar-refractivity contribution in [1.82, 2.24) is 5.32 Å². The van der Waals surface area contributed by atoms with Crippen molar-refractivity contribution >= 4 is 0 Å². The highest BCUT2D eigenvalue weighted by Crippen LogP contribution is 2.22. The van der Waals surface area contributed by atoms with E-state index in [0.29, 0.717) is 5.92 Å². The van der Waals surface area contributed by atoms with E-state index >= 15 is 0 Å². The fraction of sp³-hybridized carbons (Fsp3) is 0.538. The van der Waals surface area contributed by atoms with Crippen LogP contribution >= 0.6 is 0 Å². The van der Waals surface area contributed by atoms with Gasteiger partial charge in [-0.2, -0.15) is 0 Å². The second kappa shape index (κ2) is 5.76. The van der Waals surface area contributed by atoms with Gasteiger partial charge >= 0.3 is 0 Å². The van der Waals surface area contributed by atoms with Gasteiger partial charge in [-0.05, 0) is 44.5 Å². The Hall–Kier alpha value is -1.02. The summed E-state index contributed by atoms with van der Waals surface area (Å²) in [5.74, 6) is 1.63. The van der Waals surface area contributed by atoms with Crippen LogP contribution in [0.25, 0.3) is 0 Å². The number of hydrogen-bond acceptors (Lipinski definition) is 2. The highest BCUT2D eigenvalue weighted by molar-refractivity contribution is 5.37. The molecule has 2 nitrogen and oxygen atoms in total. The average Bonchev–Trinajstić information content (AvgIpc) is 2.18. The Morgan fingerprint density at radius 3 is 2.73 bits per heavy atom. The minimum atomic E-state index is 0.630. The Morgan fingerprint density at radius 2 is 2.13 bits per heavy atom. The van der Waals surface area contributed by atoms with Crippen molar-refractivity contribution in [2.45, 2.75) is 20.3 Å². The first-order valence-electron chi connectivity index (χ1n) is 5.45. The zero-order chi connectivity index (χ0) is 11.3. The third kappa shape index (κ3) is 3.56. The normalized spacial score (nSPS) is 12.5. The average molecular weight is 207 g/mol. The van der Waals surface area contributed by atoms with Gasteiger partial charge in [0.1, 0.15) is 5.75 Å². The van der Waals surface area contributed by atoms with Crippen molar-refractivity contribution in [2.24, 2.45) is 5.92 Å². The molecular formula is C13H21NO. The van der Waals surface area contributed by atoms with Gasteiger partial charge < -0.3 is 10.1 Å². The van der Waals surface area contributed by atoms with E-state index < -0.39 is 0 Å². The second-order valence-corrected chi connectivity index (χ2v) is 4.18. The zero-order valence-electron chi connectivity index (χ0n) is 10.1. The number of ether oxygens (including phenoxy) is 1. The molecule has 1 rings (SSSR count). The van der Waals surface area contributed by atoms with E-state index in [0.717, 1.165) is 18.7 Å². The van der Waals surface area contributed by atoms with Crippen molar-refractivity contribution in [2.75, 3.05) is 20.7 Å². The van der Waals surface area contributed by atoms with Crippen molar-refractivity contribution in [3.8, 4) is 5.75 Å². The highest BCUT2D eigenvalue weighted by Gasteiger charge is 2.07. The van der Waals surface area contributed by atoms with Crippen molar-refractivity contribution in [3.63, 3.8) is 0 Å². The summed E-state index contributed by atoms with van der Waals surface area (Å²) < 4.78 is 5.36. The maximum atomic E-state index is 5.36. The lowest BCUT2D eigenvalue weighted by atomic mass is 9.99. The van der Waals surface area contributed by atoms with Gasteiger partial charge in [-0.15, -0.1) is 0 Å². The third-order valence-electron chi connectivity index (χ3n) is 2.56. The van der Waals surface area contributed by atoms with Gasteiger partial charge in [-0.3, -0.25) is 0 Å². The summed E-state index contributed by atoms with van der Waals surface area (Å²) >= 11 is 0. The molecule has 1 aromatic carbocycles. The van der Waals surface area contributed by atoms with Gasteiger partial charge in [-0.1, -0.05) is 24.6 Å². The predicted octanol–water partition coefficient (Wildman–Crippen LogP) is 2.40. The monoisotopic (exact) mass is 207 g/mol. The highest BCUT2D eigenvalue weighted by atomic mass is 16.5. The second-order valence-electron chi connectivity index (χ2n) is 4.18. The molecule has 2 heteroatoms. The summed E-state index contributed by atoms with van der Waals surface area (Å²) in [4.78, 5) is 0. The molecule has 15 heavy (non-hydrogen) atoms. The van der Waals surface area contributed by atoms with Gasteiger partial charge in [0.2, 0.25) is 0 Å². The van der Waals surface area contributed by atoms with E-state index in [4.69, 9.17) is 4.74 Å². The molecule has 0 aliphatic carbocycles. The lowest BCUT2D eigenvalue weighted by Gasteiger charge is -2.14. The van der Waals surface area contributed by atoms with Crippen molar-refractivity contribution in [3.05, 3.63) is 29.3 Å². The molecule has 0 aliphatic heterocycles.